The first-order valence-corrected chi connectivity index (χ1v) is 11.3. The van der Waals surface area contributed by atoms with Crippen LogP contribution < -0.4 is 10.1 Å². The number of carbonyl (C=O) groups is 2. The van der Waals surface area contributed by atoms with Gasteiger partial charge in [0.1, 0.15) is 11.8 Å². The number of methoxy groups -OCH3 is 1. The molecule has 3 rings (SSSR count). The van der Waals surface area contributed by atoms with Gasteiger partial charge in [-0.1, -0.05) is 71.7 Å². The molecule has 0 saturated carbocycles. The van der Waals surface area contributed by atoms with Gasteiger partial charge >= 0.3 is 0 Å². The van der Waals surface area contributed by atoms with E-state index in [2.05, 4.69) is 5.32 Å². The van der Waals surface area contributed by atoms with Gasteiger partial charge < -0.3 is 15.0 Å². The molecule has 0 radical (unpaired) electrons. The predicted octanol–water partition coefficient (Wildman–Crippen LogP) is 4.93. The Hall–Kier alpha value is -3.02. The summed E-state index contributed by atoms with van der Waals surface area (Å²) in [6.07, 6.45) is 0.532. The number of nitrogens with zero attached hydrogens (tertiary/aromatic N) is 1. The summed E-state index contributed by atoms with van der Waals surface area (Å²) >= 11 is 12.3. The van der Waals surface area contributed by atoms with Crippen molar-refractivity contribution in [3.8, 4) is 5.75 Å². The van der Waals surface area contributed by atoms with Gasteiger partial charge in [-0.15, -0.1) is 0 Å². The first-order valence-electron chi connectivity index (χ1n) is 10.5. The van der Waals surface area contributed by atoms with Crippen molar-refractivity contribution in [2.24, 2.45) is 0 Å². The molecule has 3 aromatic rings. The van der Waals surface area contributed by atoms with Gasteiger partial charge in [-0.05, 0) is 41.0 Å². The topological polar surface area (TPSA) is 58.6 Å². The van der Waals surface area contributed by atoms with Crippen molar-refractivity contribution in [3.05, 3.63) is 99.5 Å². The number of benzene rings is 3. The Balaban J connectivity index is 1.93. The largest absolute Gasteiger partial charge is 0.497 e. The van der Waals surface area contributed by atoms with Gasteiger partial charge in [-0.25, -0.2) is 0 Å². The molecular formula is C26H26Cl2N2O3. The van der Waals surface area contributed by atoms with E-state index in [1.807, 2.05) is 60.7 Å². The van der Waals surface area contributed by atoms with Crippen LogP contribution in [-0.2, 0) is 29.0 Å². The smallest absolute Gasteiger partial charge is 0.242 e. The van der Waals surface area contributed by atoms with Crippen molar-refractivity contribution >= 4 is 35.0 Å². The zero-order chi connectivity index (χ0) is 23.8. The fraction of sp³-hybridized carbons (Fsp3) is 0.231. The van der Waals surface area contributed by atoms with Gasteiger partial charge in [0.2, 0.25) is 11.8 Å². The van der Waals surface area contributed by atoms with Crippen LogP contribution in [0.15, 0.2) is 72.8 Å². The maximum Gasteiger partial charge on any atom is 0.242 e. The number of nitrogens with one attached hydrogen (secondary N) is 1. The molecule has 0 aromatic heterocycles. The van der Waals surface area contributed by atoms with Gasteiger partial charge in [0.15, 0.2) is 0 Å². The van der Waals surface area contributed by atoms with E-state index < -0.39 is 6.04 Å². The maximum atomic E-state index is 13.5. The molecule has 0 fully saturated rings. The van der Waals surface area contributed by atoms with E-state index in [0.717, 1.165) is 16.7 Å². The zero-order valence-corrected chi connectivity index (χ0v) is 20.1. The normalized spacial score (nSPS) is 11.5. The van der Waals surface area contributed by atoms with Crippen molar-refractivity contribution < 1.29 is 14.3 Å². The van der Waals surface area contributed by atoms with Crippen molar-refractivity contribution in [2.45, 2.75) is 25.4 Å². The van der Waals surface area contributed by atoms with Crippen LogP contribution in [0.1, 0.15) is 16.7 Å². The Morgan fingerprint density at radius 3 is 2.18 bits per heavy atom. The summed E-state index contributed by atoms with van der Waals surface area (Å²) in [5.41, 5.74) is 2.58. The van der Waals surface area contributed by atoms with Crippen LogP contribution in [0.5, 0.6) is 5.75 Å². The number of hydrogen-bond acceptors (Lipinski definition) is 3. The highest BCUT2D eigenvalue weighted by molar-refractivity contribution is 6.42. The van der Waals surface area contributed by atoms with Crippen molar-refractivity contribution in [1.82, 2.24) is 10.2 Å². The van der Waals surface area contributed by atoms with Crippen LogP contribution in [0, 0.1) is 0 Å². The minimum Gasteiger partial charge on any atom is -0.497 e. The monoisotopic (exact) mass is 484 g/mol. The lowest BCUT2D eigenvalue weighted by molar-refractivity contribution is -0.140. The van der Waals surface area contributed by atoms with E-state index in [9.17, 15) is 9.59 Å². The van der Waals surface area contributed by atoms with Crippen LogP contribution in [0.2, 0.25) is 10.0 Å². The van der Waals surface area contributed by atoms with Crippen LogP contribution in [0.4, 0.5) is 0 Å². The number of likely N-dealkylation sites (N-methyl/N-ethyl adjacent to an activating group) is 1. The van der Waals surface area contributed by atoms with Gasteiger partial charge in [-0.3, -0.25) is 9.59 Å². The highest BCUT2D eigenvalue weighted by Crippen LogP contribution is 2.25. The second-order valence-corrected chi connectivity index (χ2v) is 8.43. The zero-order valence-electron chi connectivity index (χ0n) is 18.6. The third kappa shape index (κ3) is 6.73. The second kappa shape index (κ2) is 11.7. The van der Waals surface area contributed by atoms with Crippen molar-refractivity contribution in [1.29, 1.82) is 0 Å². The van der Waals surface area contributed by atoms with E-state index in [4.69, 9.17) is 27.9 Å². The molecular weight excluding hydrogens is 459 g/mol. The SMILES string of the molecule is CNC(=O)[C@@H](Cc1ccccc1)N(Cc1ccc(Cl)c(Cl)c1)C(=O)Cc1ccc(OC)cc1. The number of amides is 2. The molecule has 0 bridgehead atoms. The maximum absolute atomic E-state index is 13.5. The molecule has 0 unspecified atom stereocenters. The molecule has 0 aliphatic heterocycles. The van der Waals surface area contributed by atoms with E-state index in [0.29, 0.717) is 22.2 Å². The average Bonchev–Trinajstić information content (AvgIpc) is 2.84. The molecule has 172 valence electrons. The highest BCUT2D eigenvalue weighted by atomic mass is 35.5. The molecule has 2 amide bonds. The van der Waals surface area contributed by atoms with Crippen molar-refractivity contribution in [2.75, 3.05) is 14.2 Å². The lowest BCUT2D eigenvalue weighted by Gasteiger charge is -2.31. The molecule has 0 saturated heterocycles. The lowest BCUT2D eigenvalue weighted by atomic mass is 10.0. The van der Waals surface area contributed by atoms with E-state index in [1.54, 1.807) is 31.2 Å². The third-order valence-corrected chi connectivity index (χ3v) is 6.11. The molecule has 33 heavy (non-hydrogen) atoms. The first-order chi connectivity index (χ1) is 15.9. The van der Waals surface area contributed by atoms with E-state index >= 15 is 0 Å². The molecule has 0 aliphatic carbocycles. The van der Waals surface area contributed by atoms with E-state index in [-0.39, 0.29) is 24.8 Å². The molecule has 1 atom stereocenters. The summed E-state index contributed by atoms with van der Waals surface area (Å²) in [5, 5.41) is 3.54. The molecule has 7 heteroatoms. The summed E-state index contributed by atoms with van der Waals surface area (Å²) in [6, 6.07) is 21.5. The Labute approximate surface area is 204 Å². The van der Waals surface area contributed by atoms with Gasteiger partial charge in [-0.2, -0.15) is 0 Å². The highest BCUT2D eigenvalue weighted by Gasteiger charge is 2.30. The van der Waals surface area contributed by atoms with Crippen LogP contribution in [0.3, 0.4) is 0 Å². The summed E-state index contributed by atoms with van der Waals surface area (Å²) in [4.78, 5) is 28.1. The summed E-state index contributed by atoms with van der Waals surface area (Å²) in [7, 11) is 3.17. The minimum absolute atomic E-state index is 0.146. The Morgan fingerprint density at radius 2 is 1.58 bits per heavy atom. The second-order valence-electron chi connectivity index (χ2n) is 7.61. The summed E-state index contributed by atoms with van der Waals surface area (Å²) in [6.45, 7) is 0.219. The number of halogens is 2. The van der Waals surface area contributed by atoms with Crippen LogP contribution in [0.25, 0.3) is 0 Å². The summed E-state index contributed by atoms with van der Waals surface area (Å²) in [5.74, 6) is 0.309. The van der Waals surface area contributed by atoms with E-state index in [1.165, 1.54) is 0 Å². The van der Waals surface area contributed by atoms with Crippen LogP contribution in [-0.4, -0.2) is 36.9 Å². The van der Waals surface area contributed by atoms with Gasteiger partial charge in [0.05, 0.1) is 23.6 Å². The standard InChI is InChI=1S/C26H26Cl2N2O3/c1-29-26(32)24(15-18-6-4-3-5-7-18)30(17-20-10-13-22(27)23(28)14-20)25(31)16-19-8-11-21(33-2)12-9-19/h3-14,24H,15-17H2,1-2H3,(H,29,32)/t24-/m1/s1. The summed E-state index contributed by atoms with van der Waals surface area (Å²) < 4.78 is 5.20. The number of ether oxygens (including phenoxy) is 1. The number of carbonyl (C=O) groups excluding carboxylic acids is 2. The number of hydrogen-bond donors (Lipinski definition) is 1. The minimum atomic E-state index is -0.697. The van der Waals surface area contributed by atoms with Gasteiger partial charge in [0.25, 0.3) is 0 Å². The average molecular weight is 485 g/mol. The number of rotatable bonds is 9. The first kappa shape index (κ1) is 24.6. The molecule has 0 heterocycles. The Kier molecular flexibility index (Phi) is 8.75. The fourth-order valence-electron chi connectivity index (χ4n) is 3.57. The molecule has 1 N–H and O–H groups in total. The lowest BCUT2D eigenvalue weighted by Crippen LogP contribution is -2.50. The Morgan fingerprint density at radius 1 is 0.909 bits per heavy atom. The third-order valence-electron chi connectivity index (χ3n) is 5.37. The predicted molar refractivity (Wildman–Crippen MR) is 132 cm³/mol. The molecule has 3 aromatic carbocycles. The molecule has 0 spiro atoms. The van der Waals surface area contributed by atoms with Crippen molar-refractivity contribution in [3.63, 3.8) is 0 Å². The quantitative estimate of drug-likeness (QED) is 0.468. The molecule has 0 aliphatic rings. The molecule has 5 nitrogen and oxygen atoms in total. The van der Waals surface area contributed by atoms with Gasteiger partial charge in [0, 0.05) is 20.0 Å². The van der Waals surface area contributed by atoms with Crippen LogP contribution >= 0.6 is 23.2 Å². The Bertz CT molecular complexity index is 1090. The fourth-order valence-corrected chi connectivity index (χ4v) is 3.90.